The molecular weight excluding hydrogens is 324 g/mol. The molecule has 0 bridgehead atoms. The highest BCUT2D eigenvalue weighted by Gasteiger charge is 2.15. The van der Waals surface area contributed by atoms with Gasteiger partial charge in [0.05, 0.1) is 6.04 Å². The zero-order valence-electron chi connectivity index (χ0n) is 12.1. The average molecular weight is 341 g/mol. The maximum Gasteiger partial charge on any atom is 0.0581 e. The van der Waals surface area contributed by atoms with Crippen molar-refractivity contribution in [3.63, 3.8) is 0 Å². The van der Waals surface area contributed by atoms with Crippen LogP contribution in [-0.2, 0) is 0 Å². The number of pyridine rings is 1. The molecule has 2 aromatic carbocycles. The molecule has 0 saturated carbocycles. The maximum atomic E-state index is 4.28. The van der Waals surface area contributed by atoms with E-state index >= 15 is 0 Å². The molecule has 0 aliphatic carbocycles. The fourth-order valence-corrected chi connectivity index (χ4v) is 3.08. The number of nitrogens with zero attached hydrogens (tertiary/aromatic N) is 1. The SMILES string of the molecule is CNC(c1ccc(C)c(Br)c1)c1cccc2ccncc12. The molecular formula is C18H17BrN2. The van der Waals surface area contributed by atoms with Crippen molar-refractivity contribution in [2.75, 3.05) is 7.05 Å². The predicted octanol–water partition coefficient (Wildman–Crippen LogP) is 4.61. The second-order valence-electron chi connectivity index (χ2n) is 5.17. The summed E-state index contributed by atoms with van der Waals surface area (Å²) in [6.45, 7) is 2.10. The van der Waals surface area contributed by atoms with Gasteiger partial charge in [-0.1, -0.05) is 46.3 Å². The van der Waals surface area contributed by atoms with Gasteiger partial charge in [0.15, 0.2) is 0 Å². The van der Waals surface area contributed by atoms with E-state index < -0.39 is 0 Å². The van der Waals surface area contributed by atoms with Gasteiger partial charge in [0.25, 0.3) is 0 Å². The third-order valence-corrected chi connectivity index (χ3v) is 4.70. The second kappa shape index (κ2) is 5.96. The van der Waals surface area contributed by atoms with Crippen LogP contribution in [0.5, 0.6) is 0 Å². The Hall–Kier alpha value is -1.71. The third-order valence-electron chi connectivity index (χ3n) is 3.85. The lowest BCUT2D eigenvalue weighted by molar-refractivity contribution is 0.696. The number of benzene rings is 2. The molecule has 106 valence electrons. The number of nitrogens with one attached hydrogen (secondary N) is 1. The summed E-state index contributed by atoms with van der Waals surface area (Å²) in [4.78, 5) is 4.28. The van der Waals surface area contributed by atoms with Crippen LogP contribution in [0.15, 0.2) is 59.3 Å². The van der Waals surface area contributed by atoms with Gasteiger partial charge in [-0.15, -0.1) is 0 Å². The van der Waals surface area contributed by atoms with Crippen molar-refractivity contribution >= 4 is 26.7 Å². The number of hydrogen-bond acceptors (Lipinski definition) is 2. The van der Waals surface area contributed by atoms with E-state index in [1.54, 1.807) is 0 Å². The van der Waals surface area contributed by atoms with Gasteiger partial charge in [0.2, 0.25) is 0 Å². The normalized spacial score (nSPS) is 12.5. The summed E-state index contributed by atoms with van der Waals surface area (Å²) in [5.74, 6) is 0. The molecule has 0 radical (unpaired) electrons. The molecule has 0 saturated heterocycles. The Kier molecular flexibility index (Phi) is 4.04. The molecule has 0 spiro atoms. The summed E-state index contributed by atoms with van der Waals surface area (Å²) in [6, 6.07) is 15.1. The first kappa shape index (κ1) is 14.2. The lowest BCUT2D eigenvalue weighted by Gasteiger charge is -2.20. The molecule has 21 heavy (non-hydrogen) atoms. The van der Waals surface area contributed by atoms with Crippen molar-refractivity contribution in [3.05, 3.63) is 76.0 Å². The Labute approximate surface area is 133 Å². The maximum absolute atomic E-state index is 4.28. The van der Waals surface area contributed by atoms with Gasteiger partial charge < -0.3 is 5.32 Å². The van der Waals surface area contributed by atoms with E-state index in [9.17, 15) is 0 Å². The number of hydrogen-bond donors (Lipinski definition) is 1. The van der Waals surface area contributed by atoms with E-state index in [1.165, 1.54) is 27.5 Å². The first-order chi connectivity index (χ1) is 10.2. The zero-order chi connectivity index (χ0) is 14.8. The molecule has 2 nitrogen and oxygen atoms in total. The number of rotatable bonds is 3. The van der Waals surface area contributed by atoms with Gasteiger partial charge in [-0.05, 0) is 48.2 Å². The summed E-state index contributed by atoms with van der Waals surface area (Å²) < 4.78 is 1.14. The van der Waals surface area contributed by atoms with Crippen molar-refractivity contribution < 1.29 is 0 Å². The fraction of sp³-hybridized carbons (Fsp3) is 0.167. The van der Waals surface area contributed by atoms with Crippen molar-refractivity contribution in [1.29, 1.82) is 0 Å². The third kappa shape index (κ3) is 2.71. The van der Waals surface area contributed by atoms with E-state index in [2.05, 4.69) is 75.6 Å². The monoisotopic (exact) mass is 340 g/mol. The first-order valence-electron chi connectivity index (χ1n) is 6.96. The van der Waals surface area contributed by atoms with Crippen LogP contribution in [0.2, 0.25) is 0 Å². The quantitative estimate of drug-likeness (QED) is 0.752. The van der Waals surface area contributed by atoms with Crippen LogP contribution in [0.4, 0.5) is 0 Å². The summed E-state index contributed by atoms with van der Waals surface area (Å²) in [6.07, 6.45) is 3.78. The smallest absolute Gasteiger partial charge is 0.0581 e. The standard InChI is InChI=1S/C18H17BrN2/c1-12-6-7-14(10-17(12)19)18(20-2)15-5-3-4-13-8-9-21-11-16(13)15/h3-11,18,20H,1-2H3. The molecule has 1 aromatic heterocycles. The highest BCUT2D eigenvalue weighted by atomic mass is 79.9. The summed E-state index contributed by atoms with van der Waals surface area (Å²) in [5.41, 5.74) is 3.73. The van der Waals surface area contributed by atoms with Crippen LogP contribution < -0.4 is 5.32 Å². The number of aryl methyl sites for hydroxylation is 1. The van der Waals surface area contributed by atoms with E-state index in [0.717, 1.165) is 4.47 Å². The Morgan fingerprint density at radius 2 is 2.00 bits per heavy atom. The number of halogens is 1. The predicted molar refractivity (Wildman–Crippen MR) is 91.5 cm³/mol. The van der Waals surface area contributed by atoms with E-state index in [4.69, 9.17) is 0 Å². The Morgan fingerprint density at radius 1 is 1.14 bits per heavy atom. The average Bonchev–Trinajstić information content (AvgIpc) is 2.52. The van der Waals surface area contributed by atoms with Crippen molar-refractivity contribution in [1.82, 2.24) is 10.3 Å². The second-order valence-corrected chi connectivity index (χ2v) is 6.03. The molecule has 0 amide bonds. The zero-order valence-corrected chi connectivity index (χ0v) is 13.7. The van der Waals surface area contributed by atoms with Crippen LogP contribution in [0.1, 0.15) is 22.7 Å². The molecule has 3 heteroatoms. The van der Waals surface area contributed by atoms with Gasteiger partial charge >= 0.3 is 0 Å². The minimum atomic E-state index is 0.148. The highest BCUT2D eigenvalue weighted by Crippen LogP contribution is 2.30. The molecule has 3 rings (SSSR count). The van der Waals surface area contributed by atoms with Gasteiger partial charge in [-0.3, -0.25) is 4.98 Å². The van der Waals surface area contributed by atoms with Gasteiger partial charge in [-0.25, -0.2) is 0 Å². The highest BCUT2D eigenvalue weighted by molar-refractivity contribution is 9.10. The molecule has 1 atom stereocenters. The van der Waals surface area contributed by atoms with E-state index in [-0.39, 0.29) is 6.04 Å². The van der Waals surface area contributed by atoms with Crippen LogP contribution in [0.25, 0.3) is 10.8 Å². The lowest BCUT2D eigenvalue weighted by atomic mass is 9.94. The van der Waals surface area contributed by atoms with Crippen LogP contribution in [-0.4, -0.2) is 12.0 Å². The van der Waals surface area contributed by atoms with Gasteiger partial charge in [0.1, 0.15) is 0 Å². The molecule has 0 fully saturated rings. The minimum absolute atomic E-state index is 0.148. The molecule has 0 aliphatic heterocycles. The van der Waals surface area contributed by atoms with Gasteiger partial charge in [-0.2, -0.15) is 0 Å². The van der Waals surface area contributed by atoms with Crippen molar-refractivity contribution in [2.45, 2.75) is 13.0 Å². The van der Waals surface area contributed by atoms with Crippen molar-refractivity contribution in [2.24, 2.45) is 0 Å². The first-order valence-corrected chi connectivity index (χ1v) is 7.76. The Balaban J connectivity index is 2.16. The largest absolute Gasteiger partial charge is 0.309 e. The summed E-state index contributed by atoms with van der Waals surface area (Å²) >= 11 is 3.63. The van der Waals surface area contributed by atoms with Gasteiger partial charge in [0, 0.05) is 22.3 Å². The molecule has 3 aromatic rings. The number of fused-ring (bicyclic) bond motifs is 1. The van der Waals surface area contributed by atoms with Crippen LogP contribution in [0, 0.1) is 6.92 Å². The summed E-state index contributed by atoms with van der Waals surface area (Å²) in [5, 5.41) is 5.83. The number of aromatic nitrogens is 1. The van der Waals surface area contributed by atoms with Crippen LogP contribution in [0.3, 0.4) is 0 Å². The Morgan fingerprint density at radius 3 is 2.76 bits per heavy atom. The Bertz CT molecular complexity index is 778. The topological polar surface area (TPSA) is 24.9 Å². The van der Waals surface area contributed by atoms with E-state index in [0.29, 0.717) is 0 Å². The fourth-order valence-electron chi connectivity index (χ4n) is 2.68. The molecule has 1 heterocycles. The van der Waals surface area contributed by atoms with E-state index in [1.807, 2.05) is 19.4 Å². The minimum Gasteiger partial charge on any atom is -0.309 e. The van der Waals surface area contributed by atoms with Crippen molar-refractivity contribution in [3.8, 4) is 0 Å². The molecule has 1 N–H and O–H groups in total. The molecule has 1 unspecified atom stereocenters. The molecule has 0 aliphatic rings. The van der Waals surface area contributed by atoms with Crippen LogP contribution >= 0.6 is 15.9 Å². The lowest BCUT2D eigenvalue weighted by Crippen LogP contribution is -2.18. The summed E-state index contributed by atoms with van der Waals surface area (Å²) in [7, 11) is 1.99.